The van der Waals surface area contributed by atoms with E-state index in [0.717, 1.165) is 12.8 Å². The predicted octanol–water partition coefficient (Wildman–Crippen LogP) is 0.690. The minimum Gasteiger partial charge on any atom is -0.368 e. The smallest absolute Gasteiger partial charge is 0.350 e. The summed E-state index contributed by atoms with van der Waals surface area (Å²) in [6, 6.07) is 1.24. The van der Waals surface area contributed by atoms with E-state index in [0.29, 0.717) is 52.9 Å². The minimum atomic E-state index is -0.662. The van der Waals surface area contributed by atoms with E-state index in [1.54, 1.807) is 11.5 Å². The Morgan fingerprint density at radius 1 is 1.27 bits per heavy atom. The van der Waals surface area contributed by atoms with Gasteiger partial charge >= 0.3 is 5.69 Å². The van der Waals surface area contributed by atoms with Crippen molar-refractivity contribution in [3.63, 3.8) is 0 Å². The molecule has 1 saturated heterocycles. The molecule has 1 saturated carbocycles. The molecule has 140 valence electrons. The zero-order valence-electron chi connectivity index (χ0n) is 15.0. The molecular formula is C18H24FN5O2. The molecule has 1 aromatic carbocycles. The van der Waals surface area contributed by atoms with Gasteiger partial charge in [-0.25, -0.2) is 9.18 Å². The third kappa shape index (κ3) is 2.35. The first-order chi connectivity index (χ1) is 12.3. The maximum absolute atomic E-state index is 15.0. The van der Waals surface area contributed by atoms with Gasteiger partial charge in [0.15, 0.2) is 0 Å². The van der Waals surface area contributed by atoms with E-state index in [-0.39, 0.29) is 11.4 Å². The molecule has 2 aromatic rings. The Morgan fingerprint density at radius 2 is 1.96 bits per heavy atom. The molecule has 4 N–H and O–H groups in total. The number of halogens is 1. The molecule has 0 spiro atoms. The summed E-state index contributed by atoms with van der Waals surface area (Å²) in [5.74, 6) is 5.85. The second-order valence-corrected chi connectivity index (χ2v) is 7.67. The number of aromatic nitrogens is 2. The number of anilines is 1. The van der Waals surface area contributed by atoms with Gasteiger partial charge in [0.05, 0.1) is 16.6 Å². The number of hydrogen-bond acceptors (Lipinski definition) is 5. The quantitative estimate of drug-likeness (QED) is 0.784. The molecule has 2 fully saturated rings. The molecular weight excluding hydrogens is 337 g/mol. The van der Waals surface area contributed by atoms with Crippen molar-refractivity contribution in [1.82, 2.24) is 9.24 Å². The van der Waals surface area contributed by atoms with Gasteiger partial charge < -0.3 is 16.5 Å². The summed E-state index contributed by atoms with van der Waals surface area (Å²) < 4.78 is 17.2. The summed E-state index contributed by atoms with van der Waals surface area (Å²) in [5, 5.41) is 0.153. The molecule has 1 aliphatic carbocycles. The first kappa shape index (κ1) is 17.1. The molecule has 8 heteroatoms. The number of nitrogens with two attached hydrogens (primary N) is 2. The number of hydrogen-bond donors (Lipinski definition) is 2. The van der Waals surface area contributed by atoms with E-state index in [2.05, 4.69) is 6.92 Å². The first-order valence-electron chi connectivity index (χ1n) is 9.05. The lowest BCUT2D eigenvalue weighted by molar-refractivity contribution is 0.463. The van der Waals surface area contributed by atoms with Crippen LogP contribution < -0.4 is 27.7 Å². The number of fused-ring (bicyclic) bond motifs is 1. The van der Waals surface area contributed by atoms with Crippen LogP contribution in [0.2, 0.25) is 0 Å². The second-order valence-electron chi connectivity index (χ2n) is 7.67. The average Bonchev–Trinajstić information content (AvgIpc) is 3.37. The normalized spacial score (nSPS) is 23.2. The fourth-order valence-corrected chi connectivity index (χ4v) is 4.24. The zero-order chi connectivity index (χ0) is 18.7. The Labute approximate surface area is 150 Å². The van der Waals surface area contributed by atoms with Gasteiger partial charge in [0, 0.05) is 24.7 Å². The third-order valence-corrected chi connectivity index (χ3v) is 5.86. The van der Waals surface area contributed by atoms with Crippen molar-refractivity contribution < 1.29 is 4.39 Å². The van der Waals surface area contributed by atoms with Crippen molar-refractivity contribution in [2.45, 2.75) is 32.7 Å². The number of nitrogens with zero attached hydrogens (tertiary/aromatic N) is 3. The summed E-state index contributed by atoms with van der Waals surface area (Å²) in [6.45, 7) is 5.81. The van der Waals surface area contributed by atoms with Gasteiger partial charge in [-0.1, -0.05) is 6.92 Å². The molecule has 0 bridgehead atoms. The molecule has 4 rings (SSSR count). The average molecular weight is 361 g/mol. The fraction of sp³-hybridized carbons (Fsp3) is 0.556. The molecule has 2 unspecified atom stereocenters. The fourth-order valence-electron chi connectivity index (χ4n) is 4.24. The highest BCUT2D eigenvalue weighted by molar-refractivity contribution is 5.87. The van der Waals surface area contributed by atoms with Crippen LogP contribution in [0.1, 0.15) is 31.4 Å². The Kier molecular flexibility index (Phi) is 3.83. The Bertz CT molecular complexity index is 1010. The molecule has 7 nitrogen and oxygen atoms in total. The molecule has 1 aliphatic heterocycles. The van der Waals surface area contributed by atoms with Crippen molar-refractivity contribution in [1.29, 1.82) is 0 Å². The SMILES string of the molecule is Cc1c(N2CC(C)C(CN)C2)c(F)cc2c(=O)n(N)c(=O)n(C3CC3)c12. The summed E-state index contributed by atoms with van der Waals surface area (Å²) in [4.78, 5) is 27.0. The third-order valence-electron chi connectivity index (χ3n) is 5.86. The van der Waals surface area contributed by atoms with Gasteiger partial charge in [-0.2, -0.15) is 4.68 Å². The topological polar surface area (TPSA) is 99.3 Å². The number of aryl methyl sites for hydroxylation is 1. The van der Waals surface area contributed by atoms with Crippen LogP contribution in [0.4, 0.5) is 10.1 Å². The molecule has 0 radical (unpaired) electrons. The van der Waals surface area contributed by atoms with Crippen molar-refractivity contribution >= 4 is 16.6 Å². The van der Waals surface area contributed by atoms with Gasteiger partial charge in [-0.15, -0.1) is 0 Å². The molecule has 26 heavy (non-hydrogen) atoms. The van der Waals surface area contributed by atoms with Crippen LogP contribution >= 0.6 is 0 Å². The lowest BCUT2D eigenvalue weighted by atomic mass is 9.99. The lowest BCUT2D eigenvalue weighted by Crippen LogP contribution is -2.44. The molecule has 1 aromatic heterocycles. The highest BCUT2D eigenvalue weighted by atomic mass is 19.1. The summed E-state index contributed by atoms with van der Waals surface area (Å²) >= 11 is 0. The van der Waals surface area contributed by atoms with Crippen LogP contribution in [-0.2, 0) is 0 Å². The van der Waals surface area contributed by atoms with Crippen molar-refractivity contribution in [2.75, 3.05) is 30.4 Å². The van der Waals surface area contributed by atoms with Crippen molar-refractivity contribution in [3.8, 4) is 0 Å². The van der Waals surface area contributed by atoms with E-state index in [9.17, 15) is 9.59 Å². The standard InChI is InChI=1S/C18H24FN5O2/c1-9-7-22(8-11(9)6-20)16-10(2)15-13(5-14(16)19)17(25)24(21)18(26)23(15)12-3-4-12/h5,9,11-12H,3-4,6-8,20-21H2,1-2H3. The van der Waals surface area contributed by atoms with E-state index >= 15 is 4.39 Å². The largest absolute Gasteiger partial charge is 0.368 e. The van der Waals surface area contributed by atoms with Crippen LogP contribution in [0.5, 0.6) is 0 Å². The minimum absolute atomic E-state index is 0.0201. The number of rotatable bonds is 3. The van der Waals surface area contributed by atoms with Crippen LogP contribution in [0.3, 0.4) is 0 Å². The van der Waals surface area contributed by atoms with E-state index in [1.807, 2.05) is 4.90 Å². The van der Waals surface area contributed by atoms with Crippen LogP contribution in [0.15, 0.2) is 15.7 Å². The lowest BCUT2D eigenvalue weighted by Gasteiger charge is -2.24. The number of nitrogen functional groups attached to an aromatic ring is 1. The highest BCUT2D eigenvalue weighted by Crippen LogP contribution is 2.39. The van der Waals surface area contributed by atoms with E-state index in [1.165, 1.54) is 6.07 Å². The first-order valence-corrected chi connectivity index (χ1v) is 9.05. The Morgan fingerprint density at radius 3 is 2.54 bits per heavy atom. The van der Waals surface area contributed by atoms with Gasteiger partial charge in [0.1, 0.15) is 5.82 Å². The number of benzene rings is 1. The second kappa shape index (κ2) is 5.84. The highest BCUT2D eigenvalue weighted by Gasteiger charge is 2.34. The maximum Gasteiger partial charge on any atom is 0.350 e. The van der Waals surface area contributed by atoms with Crippen LogP contribution in [0.25, 0.3) is 10.9 Å². The molecule has 2 aliphatic rings. The van der Waals surface area contributed by atoms with Gasteiger partial charge in [0.25, 0.3) is 5.56 Å². The Hall–Kier alpha value is -2.35. The summed E-state index contributed by atoms with van der Waals surface area (Å²) in [6.07, 6.45) is 1.71. The van der Waals surface area contributed by atoms with Crippen LogP contribution in [-0.4, -0.2) is 28.9 Å². The zero-order valence-corrected chi connectivity index (χ0v) is 15.0. The summed E-state index contributed by atoms with van der Waals surface area (Å²) in [7, 11) is 0. The van der Waals surface area contributed by atoms with Gasteiger partial charge in [-0.05, 0) is 44.2 Å². The molecule has 2 heterocycles. The van der Waals surface area contributed by atoms with Crippen molar-refractivity contribution in [2.24, 2.45) is 17.6 Å². The van der Waals surface area contributed by atoms with Gasteiger partial charge in [0.2, 0.25) is 0 Å². The summed E-state index contributed by atoms with van der Waals surface area (Å²) in [5.41, 5.74) is 6.22. The Balaban J connectivity index is 2.00. The predicted molar refractivity (Wildman–Crippen MR) is 99.5 cm³/mol. The maximum atomic E-state index is 15.0. The van der Waals surface area contributed by atoms with E-state index in [4.69, 9.17) is 11.6 Å². The monoisotopic (exact) mass is 361 g/mol. The van der Waals surface area contributed by atoms with Crippen molar-refractivity contribution in [3.05, 3.63) is 38.3 Å². The van der Waals surface area contributed by atoms with E-state index < -0.39 is 17.1 Å². The van der Waals surface area contributed by atoms with Crippen LogP contribution in [0, 0.1) is 24.6 Å². The molecule has 0 amide bonds. The van der Waals surface area contributed by atoms with Gasteiger partial charge in [-0.3, -0.25) is 9.36 Å². The molecule has 2 atom stereocenters.